The van der Waals surface area contributed by atoms with Crippen molar-refractivity contribution in [1.29, 1.82) is 0 Å². The second-order valence-electron chi connectivity index (χ2n) is 4.59. The Balaban J connectivity index is 2.98. The monoisotopic (exact) mass is 249 g/mol. The molecule has 0 heterocycles. The van der Waals surface area contributed by atoms with Gasteiger partial charge in [-0.25, -0.2) is 8.42 Å². The second-order valence-corrected chi connectivity index (χ2v) is 6.60. The van der Waals surface area contributed by atoms with Gasteiger partial charge in [0.1, 0.15) is 0 Å². The molecule has 1 aliphatic rings. The van der Waals surface area contributed by atoms with Crippen molar-refractivity contribution in [2.75, 3.05) is 13.3 Å². The summed E-state index contributed by atoms with van der Waals surface area (Å²) in [5.41, 5.74) is -0.711. The Hall–Kier alpha value is -0.620. The van der Waals surface area contributed by atoms with Crippen LogP contribution in [0.5, 0.6) is 0 Å². The molecule has 1 saturated carbocycles. The number of carbonyl (C=O) groups is 1. The fourth-order valence-electron chi connectivity index (χ4n) is 2.45. The lowest BCUT2D eigenvalue weighted by molar-refractivity contribution is -0.140. The third kappa shape index (κ3) is 2.95. The van der Waals surface area contributed by atoms with E-state index in [0.29, 0.717) is 12.8 Å². The smallest absolute Gasteiger partial charge is 0.305 e. The van der Waals surface area contributed by atoms with Crippen molar-refractivity contribution < 1.29 is 18.3 Å². The number of nitrogens with zero attached hydrogens (tertiary/aromatic N) is 1. The van der Waals surface area contributed by atoms with E-state index >= 15 is 0 Å². The zero-order chi connectivity index (χ0) is 12.4. The molecule has 6 heteroatoms. The van der Waals surface area contributed by atoms with Crippen molar-refractivity contribution in [3.63, 3.8) is 0 Å². The van der Waals surface area contributed by atoms with E-state index in [1.165, 1.54) is 11.4 Å². The first-order valence-electron chi connectivity index (χ1n) is 5.44. The number of aliphatic carboxylic acids is 1. The molecular weight excluding hydrogens is 230 g/mol. The molecule has 1 aliphatic carbocycles. The molecule has 1 N–H and O–H groups in total. The van der Waals surface area contributed by atoms with Crippen LogP contribution in [0.15, 0.2) is 0 Å². The molecule has 0 radical (unpaired) electrons. The normalized spacial score (nSPS) is 20.9. The topological polar surface area (TPSA) is 74.7 Å². The Kier molecular flexibility index (Phi) is 3.96. The van der Waals surface area contributed by atoms with Gasteiger partial charge in [-0.15, -0.1) is 0 Å². The SMILES string of the molecule is CN(C1(CC(=O)O)CCCCC1)S(C)(=O)=O. The average Bonchev–Trinajstić information content (AvgIpc) is 2.15. The van der Waals surface area contributed by atoms with Crippen LogP contribution < -0.4 is 0 Å². The van der Waals surface area contributed by atoms with Gasteiger partial charge in [-0.2, -0.15) is 4.31 Å². The molecule has 0 atom stereocenters. The van der Waals surface area contributed by atoms with Crippen molar-refractivity contribution in [2.45, 2.75) is 44.1 Å². The lowest BCUT2D eigenvalue weighted by Gasteiger charge is -2.42. The van der Waals surface area contributed by atoms with E-state index in [4.69, 9.17) is 5.11 Å². The predicted octanol–water partition coefficient (Wildman–Crippen LogP) is 1.06. The maximum Gasteiger partial charge on any atom is 0.305 e. The molecule has 1 rings (SSSR count). The maximum atomic E-state index is 11.6. The fourth-order valence-corrected chi connectivity index (χ4v) is 3.40. The molecular formula is C10H19NO4S. The minimum Gasteiger partial charge on any atom is -0.481 e. The van der Waals surface area contributed by atoms with Gasteiger partial charge in [-0.05, 0) is 12.8 Å². The van der Waals surface area contributed by atoms with Crippen molar-refractivity contribution >= 4 is 16.0 Å². The summed E-state index contributed by atoms with van der Waals surface area (Å²) >= 11 is 0. The van der Waals surface area contributed by atoms with E-state index in [2.05, 4.69) is 0 Å². The lowest BCUT2D eigenvalue weighted by atomic mass is 9.79. The second kappa shape index (κ2) is 4.71. The number of hydrogen-bond donors (Lipinski definition) is 1. The van der Waals surface area contributed by atoms with E-state index < -0.39 is 21.5 Å². The predicted molar refractivity (Wildman–Crippen MR) is 60.7 cm³/mol. The van der Waals surface area contributed by atoms with Crippen molar-refractivity contribution in [1.82, 2.24) is 4.31 Å². The van der Waals surface area contributed by atoms with Crippen LogP contribution in [0.3, 0.4) is 0 Å². The minimum absolute atomic E-state index is 0.101. The van der Waals surface area contributed by atoms with Crippen LogP contribution in [0.1, 0.15) is 38.5 Å². The molecule has 16 heavy (non-hydrogen) atoms. The third-order valence-electron chi connectivity index (χ3n) is 3.43. The van der Waals surface area contributed by atoms with Gasteiger partial charge < -0.3 is 5.11 Å². The molecule has 1 fully saturated rings. The number of carboxylic acid groups (broad SMARTS) is 1. The lowest BCUT2D eigenvalue weighted by Crippen LogP contribution is -2.51. The summed E-state index contributed by atoms with van der Waals surface area (Å²) in [5.74, 6) is -0.933. The van der Waals surface area contributed by atoms with Crippen molar-refractivity contribution in [3.8, 4) is 0 Å². The average molecular weight is 249 g/mol. The van der Waals surface area contributed by atoms with Crippen molar-refractivity contribution in [3.05, 3.63) is 0 Å². The highest BCUT2D eigenvalue weighted by Gasteiger charge is 2.41. The quantitative estimate of drug-likeness (QED) is 0.808. The van der Waals surface area contributed by atoms with Crippen LogP contribution in [0.25, 0.3) is 0 Å². The van der Waals surface area contributed by atoms with Crippen LogP contribution in [0.4, 0.5) is 0 Å². The van der Waals surface area contributed by atoms with Gasteiger partial charge in [0.25, 0.3) is 0 Å². The first kappa shape index (κ1) is 13.4. The molecule has 0 bridgehead atoms. The molecule has 0 unspecified atom stereocenters. The maximum absolute atomic E-state index is 11.6. The van der Waals surface area contributed by atoms with Crippen LogP contribution >= 0.6 is 0 Å². The highest BCUT2D eigenvalue weighted by molar-refractivity contribution is 7.88. The Morgan fingerprint density at radius 1 is 1.31 bits per heavy atom. The highest BCUT2D eigenvalue weighted by Crippen LogP contribution is 2.36. The summed E-state index contributed by atoms with van der Waals surface area (Å²) in [6, 6.07) is 0. The van der Waals surface area contributed by atoms with Crippen LogP contribution in [0.2, 0.25) is 0 Å². The van der Waals surface area contributed by atoms with Gasteiger partial charge in [0, 0.05) is 12.6 Å². The Morgan fingerprint density at radius 2 is 1.81 bits per heavy atom. The van der Waals surface area contributed by atoms with Crippen molar-refractivity contribution in [2.24, 2.45) is 0 Å². The van der Waals surface area contributed by atoms with Crippen LogP contribution in [0, 0.1) is 0 Å². The number of hydrogen-bond acceptors (Lipinski definition) is 3. The molecule has 0 spiro atoms. The van der Waals surface area contributed by atoms with E-state index in [9.17, 15) is 13.2 Å². The number of sulfonamides is 1. The summed E-state index contributed by atoms with van der Waals surface area (Å²) in [7, 11) is -1.85. The van der Waals surface area contributed by atoms with Gasteiger partial charge in [0.05, 0.1) is 12.7 Å². The Bertz CT molecular complexity index is 357. The van der Waals surface area contributed by atoms with E-state index in [0.717, 1.165) is 25.5 Å². The van der Waals surface area contributed by atoms with Gasteiger partial charge in [-0.1, -0.05) is 19.3 Å². The fraction of sp³-hybridized carbons (Fsp3) is 0.900. The Labute approximate surface area is 96.5 Å². The van der Waals surface area contributed by atoms with Gasteiger partial charge in [0.2, 0.25) is 10.0 Å². The van der Waals surface area contributed by atoms with E-state index in [1.807, 2.05) is 0 Å². The largest absolute Gasteiger partial charge is 0.481 e. The summed E-state index contributed by atoms with van der Waals surface area (Å²) < 4.78 is 24.4. The highest BCUT2D eigenvalue weighted by atomic mass is 32.2. The number of carboxylic acids is 1. The molecule has 94 valence electrons. The number of rotatable bonds is 4. The molecule has 0 aromatic heterocycles. The molecule has 0 aromatic rings. The summed E-state index contributed by atoms with van der Waals surface area (Å²) in [5, 5.41) is 8.92. The first-order chi connectivity index (χ1) is 7.28. The Morgan fingerprint density at radius 3 is 2.19 bits per heavy atom. The first-order valence-corrected chi connectivity index (χ1v) is 7.29. The van der Waals surface area contributed by atoms with Crippen LogP contribution in [-0.2, 0) is 14.8 Å². The third-order valence-corrected chi connectivity index (χ3v) is 4.81. The molecule has 0 amide bonds. The van der Waals surface area contributed by atoms with E-state index in [-0.39, 0.29) is 6.42 Å². The zero-order valence-corrected chi connectivity index (χ0v) is 10.6. The van der Waals surface area contributed by atoms with Gasteiger partial charge >= 0.3 is 5.97 Å². The molecule has 0 saturated heterocycles. The molecule has 0 aromatic carbocycles. The molecule has 0 aliphatic heterocycles. The minimum atomic E-state index is -3.34. The zero-order valence-electron chi connectivity index (χ0n) is 9.77. The summed E-state index contributed by atoms with van der Waals surface area (Å²) in [6.07, 6.45) is 5.16. The summed E-state index contributed by atoms with van der Waals surface area (Å²) in [4.78, 5) is 10.9. The van der Waals surface area contributed by atoms with Crippen LogP contribution in [-0.4, -0.2) is 42.6 Å². The molecule has 5 nitrogen and oxygen atoms in total. The van der Waals surface area contributed by atoms with Gasteiger partial charge in [0.15, 0.2) is 0 Å². The standard InChI is InChI=1S/C10H19NO4S/c1-11(16(2,14)15)10(8-9(12)13)6-4-3-5-7-10/h3-8H2,1-2H3,(H,12,13). The summed E-state index contributed by atoms with van der Waals surface area (Å²) in [6.45, 7) is 0. The van der Waals surface area contributed by atoms with Gasteiger partial charge in [-0.3, -0.25) is 4.79 Å². The van der Waals surface area contributed by atoms with E-state index in [1.54, 1.807) is 0 Å².